The van der Waals surface area contributed by atoms with E-state index in [0.29, 0.717) is 5.56 Å². The van der Waals surface area contributed by atoms with Gasteiger partial charge in [0, 0.05) is 0 Å². The fraction of sp³-hybridized carbons (Fsp3) is 0.400. The molecule has 26 heavy (non-hydrogen) atoms. The van der Waals surface area contributed by atoms with E-state index in [1.165, 1.54) is 12.1 Å². The quantitative estimate of drug-likeness (QED) is 0.513. The maximum absolute atomic E-state index is 12.4. The first-order chi connectivity index (χ1) is 12.0. The minimum atomic E-state index is -4.24. The summed E-state index contributed by atoms with van der Waals surface area (Å²) in [5.74, 6) is 0.361. The highest BCUT2D eigenvalue weighted by Gasteiger charge is 2.33. The van der Waals surface area contributed by atoms with E-state index in [2.05, 4.69) is 4.74 Å². The first-order valence-corrected chi connectivity index (χ1v) is 8.23. The largest absolute Gasteiger partial charge is 0.435 e. The molecule has 0 radical (unpaired) electrons. The van der Waals surface area contributed by atoms with Crippen LogP contribution >= 0.6 is 0 Å². The molecule has 0 heterocycles. The first kappa shape index (κ1) is 21.9. The van der Waals surface area contributed by atoms with Crippen molar-refractivity contribution >= 4 is 0 Å². The molecule has 6 heteroatoms. The standard InChI is InChI=1S/C10H11F3.C10H12F2O/c1-7(2)8-5-3-4-6-9(8)10(11,12)13;1-7(2)8-5-3-4-6-9(8)13-10(11)12/h3-7H,1-2H3;3-7,10H,1-2H3. The Balaban J connectivity index is 0.000000260. The van der Waals surface area contributed by atoms with E-state index in [0.717, 1.165) is 11.6 Å². The molecule has 0 fully saturated rings. The lowest BCUT2D eigenvalue weighted by Gasteiger charge is -2.14. The number of halogens is 5. The SMILES string of the molecule is CC(C)c1ccccc1C(F)(F)F.CC(C)c1ccccc1OC(F)F. The van der Waals surface area contributed by atoms with Crippen LogP contribution in [0.5, 0.6) is 5.75 Å². The number of hydrogen-bond donors (Lipinski definition) is 0. The normalized spacial score (nSPS) is 11.5. The second-order valence-electron chi connectivity index (χ2n) is 6.31. The smallest absolute Gasteiger partial charge is 0.416 e. The van der Waals surface area contributed by atoms with Gasteiger partial charge in [-0.25, -0.2) is 0 Å². The average Bonchev–Trinajstić information content (AvgIpc) is 2.54. The Labute approximate surface area is 150 Å². The third-order valence-corrected chi connectivity index (χ3v) is 3.65. The summed E-state index contributed by atoms with van der Waals surface area (Å²) in [6, 6.07) is 12.5. The van der Waals surface area contributed by atoms with Crippen molar-refractivity contribution < 1.29 is 26.7 Å². The molecule has 144 valence electrons. The fourth-order valence-electron chi connectivity index (χ4n) is 2.42. The van der Waals surface area contributed by atoms with Gasteiger partial charge < -0.3 is 4.74 Å². The Morgan fingerprint density at radius 3 is 1.62 bits per heavy atom. The third-order valence-electron chi connectivity index (χ3n) is 3.65. The number of para-hydroxylation sites is 1. The molecule has 2 aromatic carbocycles. The summed E-state index contributed by atoms with van der Waals surface area (Å²) in [6.45, 7) is 4.64. The number of rotatable bonds is 4. The van der Waals surface area contributed by atoms with Gasteiger partial charge in [0.1, 0.15) is 5.75 Å². The van der Waals surface area contributed by atoms with Crippen molar-refractivity contribution in [2.45, 2.75) is 52.3 Å². The Bertz CT molecular complexity index is 678. The van der Waals surface area contributed by atoms with Gasteiger partial charge in [-0.15, -0.1) is 0 Å². The Morgan fingerprint density at radius 2 is 1.19 bits per heavy atom. The van der Waals surface area contributed by atoms with Crippen molar-refractivity contribution in [1.29, 1.82) is 0 Å². The summed E-state index contributed by atoms with van der Waals surface area (Å²) in [7, 11) is 0. The summed E-state index contributed by atoms with van der Waals surface area (Å²) in [6.07, 6.45) is -4.24. The second-order valence-corrected chi connectivity index (χ2v) is 6.31. The molecular formula is C20H23F5O. The van der Waals surface area contributed by atoms with Crippen LogP contribution in [-0.4, -0.2) is 6.61 Å². The predicted octanol–water partition coefficient (Wildman–Crippen LogP) is 7.24. The molecule has 0 saturated heterocycles. The van der Waals surface area contributed by atoms with Crippen molar-refractivity contribution in [2.75, 3.05) is 0 Å². The topological polar surface area (TPSA) is 9.23 Å². The van der Waals surface area contributed by atoms with Gasteiger partial charge in [-0.05, 0) is 35.1 Å². The minimum absolute atomic E-state index is 0.0992. The molecule has 0 unspecified atom stereocenters. The van der Waals surface area contributed by atoms with Gasteiger partial charge in [0.25, 0.3) is 0 Å². The molecule has 0 spiro atoms. The van der Waals surface area contributed by atoms with Crippen molar-refractivity contribution in [1.82, 2.24) is 0 Å². The Morgan fingerprint density at radius 1 is 0.731 bits per heavy atom. The van der Waals surface area contributed by atoms with Crippen LogP contribution in [0.3, 0.4) is 0 Å². The molecular weight excluding hydrogens is 351 g/mol. The number of hydrogen-bond acceptors (Lipinski definition) is 1. The van der Waals surface area contributed by atoms with Gasteiger partial charge >= 0.3 is 12.8 Å². The van der Waals surface area contributed by atoms with Crippen LogP contribution in [0, 0.1) is 0 Å². The predicted molar refractivity (Wildman–Crippen MR) is 92.7 cm³/mol. The molecule has 0 aliphatic rings. The molecule has 0 bridgehead atoms. The summed E-state index contributed by atoms with van der Waals surface area (Å²) < 4.78 is 65.5. The summed E-state index contributed by atoms with van der Waals surface area (Å²) in [4.78, 5) is 0. The summed E-state index contributed by atoms with van der Waals surface area (Å²) in [5, 5.41) is 0. The van der Waals surface area contributed by atoms with E-state index < -0.39 is 18.4 Å². The zero-order valence-electron chi connectivity index (χ0n) is 15.1. The highest BCUT2D eigenvalue weighted by Crippen LogP contribution is 2.34. The first-order valence-electron chi connectivity index (χ1n) is 8.23. The van der Waals surface area contributed by atoms with Gasteiger partial charge in [0.15, 0.2) is 0 Å². The maximum Gasteiger partial charge on any atom is 0.416 e. The van der Waals surface area contributed by atoms with E-state index in [1.807, 2.05) is 19.9 Å². The number of benzene rings is 2. The minimum Gasteiger partial charge on any atom is -0.435 e. The molecule has 0 aliphatic carbocycles. The van der Waals surface area contributed by atoms with Crippen LogP contribution in [0.25, 0.3) is 0 Å². The Hall–Kier alpha value is -2.11. The highest BCUT2D eigenvalue weighted by atomic mass is 19.4. The van der Waals surface area contributed by atoms with Gasteiger partial charge in [0.05, 0.1) is 5.56 Å². The van der Waals surface area contributed by atoms with Crippen LogP contribution < -0.4 is 4.74 Å². The average molecular weight is 374 g/mol. The van der Waals surface area contributed by atoms with Gasteiger partial charge in [0.2, 0.25) is 0 Å². The molecule has 0 atom stereocenters. The van der Waals surface area contributed by atoms with Crippen LogP contribution in [-0.2, 0) is 6.18 Å². The molecule has 0 saturated carbocycles. The van der Waals surface area contributed by atoms with E-state index in [1.54, 1.807) is 38.1 Å². The van der Waals surface area contributed by atoms with E-state index in [-0.39, 0.29) is 17.6 Å². The zero-order chi connectivity index (χ0) is 19.9. The van der Waals surface area contributed by atoms with Gasteiger partial charge in [-0.2, -0.15) is 22.0 Å². The second kappa shape index (κ2) is 9.55. The van der Waals surface area contributed by atoms with Crippen molar-refractivity contribution in [2.24, 2.45) is 0 Å². The third kappa shape index (κ3) is 6.65. The Kier molecular flexibility index (Phi) is 8.06. The molecule has 0 amide bonds. The van der Waals surface area contributed by atoms with Crippen LogP contribution in [0.1, 0.15) is 56.2 Å². The number of ether oxygens (including phenoxy) is 1. The van der Waals surface area contributed by atoms with Crippen LogP contribution in [0.2, 0.25) is 0 Å². The fourth-order valence-corrected chi connectivity index (χ4v) is 2.42. The molecule has 0 N–H and O–H groups in total. The van der Waals surface area contributed by atoms with Crippen molar-refractivity contribution in [3.63, 3.8) is 0 Å². The van der Waals surface area contributed by atoms with E-state index in [4.69, 9.17) is 0 Å². The van der Waals surface area contributed by atoms with Crippen LogP contribution in [0.15, 0.2) is 48.5 Å². The lowest BCUT2D eigenvalue weighted by Crippen LogP contribution is -2.09. The lowest BCUT2D eigenvalue weighted by molar-refractivity contribution is -0.138. The number of alkyl halides is 5. The van der Waals surface area contributed by atoms with Gasteiger partial charge in [-0.3, -0.25) is 0 Å². The van der Waals surface area contributed by atoms with Crippen molar-refractivity contribution in [3.05, 3.63) is 65.2 Å². The lowest BCUT2D eigenvalue weighted by atomic mass is 9.97. The summed E-state index contributed by atoms with van der Waals surface area (Å²) in [5.41, 5.74) is 0.641. The molecule has 2 rings (SSSR count). The van der Waals surface area contributed by atoms with E-state index in [9.17, 15) is 22.0 Å². The molecule has 2 aromatic rings. The zero-order valence-corrected chi connectivity index (χ0v) is 15.1. The van der Waals surface area contributed by atoms with E-state index >= 15 is 0 Å². The monoisotopic (exact) mass is 374 g/mol. The molecule has 1 nitrogen and oxygen atoms in total. The summed E-state index contributed by atoms with van der Waals surface area (Å²) >= 11 is 0. The molecule has 0 aromatic heterocycles. The van der Waals surface area contributed by atoms with Crippen molar-refractivity contribution in [3.8, 4) is 5.75 Å². The molecule has 0 aliphatic heterocycles. The highest BCUT2D eigenvalue weighted by molar-refractivity contribution is 5.35. The van der Waals surface area contributed by atoms with Gasteiger partial charge in [-0.1, -0.05) is 64.1 Å². The maximum atomic E-state index is 12.4. The van der Waals surface area contributed by atoms with Crippen LogP contribution in [0.4, 0.5) is 22.0 Å².